The van der Waals surface area contributed by atoms with Gasteiger partial charge >= 0.3 is 0 Å². The summed E-state index contributed by atoms with van der Waals surface area (Å²) in [6.07, 6.45) is 3.03. The summed E-state index contributed by atoms with van der Waals surface area (Å²) >= 11 is 5.84. The predicted octanol–water partition coefficient (Wildman–Crippen LogP) is 3.69. The van der Waals surface area contributed by atoms with E-state index in [0.717, 1.165) is 31.4 Å². The van der Waals surface area contributed by atoms with E-state index in [9.17, 15) is 4.39 Å². The summed E-state index contributed by atoms with van der Waals surface area (Å²) in [4.78, 5) is 0. The monoisotopic (exact) mass is 257 g/mol. The van der Waals surface area contributed by atoms with Crippen LogP contribution in [0.15, 0.2) is 12.1 Å². The molecule has 17 heavy (non-hydrogen) atoms. The topological polar surface area (TPSA) is 21.3 Å². The third-order valence-corrected chi connectivity index (χ3v) is 3.25. The van der Waals surface area contributed by atoms with Crippen LogP contribution >= 0.6 is 11.6 Å². The molecular formula is C13H17ClFNO. The zero-order valence-corrected chi connectivity index (χ0v) is 10.7. The summed E-state index contributed by atoms with van der Waals surface area (Å²) < 4.78 is 18.9. The third kappa shape index (κ3) is 2.90. The minimum absolute atomic E-state index is 0.164. The molecule has 0 bridgehead atoms. The zero-order valence-electron chi connectivity index (χ0n) is 9.93. The van der Waals surface area contributed by atoms with Crippen molar-refractivity contribution >= 4 is 11.6 Å². The summed E-state index contributed by atoms with van der Waals surface area (Å²) in [5.74, 6) is 0.208. The van der Waals surface area contributed by atoms with Gasteiger partial charge < -0.3 is 10.1 Å². The maximum Gasteiger partial charge on any atom is 0.145 e. The number of hydrogen-bond acceptors (Lipinski definition) is 2. The van der Waals surface area contributed by atoms with Crippen LogP contribution in [0, 0.1) is 5.82 Å². The van der Waals surface area contributed by atoms with Crippen LogP contribution in [0.4, 0.5) is 4.39 Å². The van der Waals surface area contributed by atoms with E-state index >= 15 is 0 Å². The van der Waals surface area contributed by atoms with Gasteiger partial charge in [0.05, 0.1) is 11.6 Å². The molecular weight excluding hydrogens is 241 g/mol. The van der Waals surface area contributed by atoms with E-state index < -0.39 is 5.82 Å². The molecule has 0 spiro atoms. The van der Waals surface area contributed by atoms with E-state index in [1.165, 1.54) is 6.07 Å². The van der Waals surface area contributed by atoms with E-state index in [2.05, 4.69) is 12.2 Å². The van der Waals surface area contributed by atoms with Crippen LogP contribution in [-0.2, 0) is 0 Å². The molecule has 1 aliphatic rings. The molecule has 1 heterocycles. The molecule has 0 aliphatic carbocycles. The number of fused-ring (bicyclic) bond motifs is 1. The van der Waals surface area contributed by atoms with Gasteiger partial charge in [-0.25, -0.2) is 4.39 Å². The summed E-state index contributed by atoms with van der Waals surface area (Å²) in [5.41, 5.74) is 0.974. The van der Waals surface area contributed by atoms with Gasteiger partial charge in [-0.3, -0.25) is 0 Å². The fraction of sp³-hybridized carbons (Fsp3) is 0.538. The first kappa shape index (κ1) is 12.7. The molecule has 1 unspecified atom stereocenters. The number of hydrogen-bond donors (Lipinski definition) is 1. The standard InChI is InChI=1S/C13H17ClFNO/c1-2-5-16-12-4-3-6-17-13-8-11(15)10(14)7-9(12)13/h7-8,12,16H,2-6H2,1H3. The maximum atomic E-state index is 13.4. The van der Waals surface area contributed by atoms with Crippen LogP contribution in [0.3, 0.4) is 0 Å². The first-order chi connectivity index (χ1) is 8.22. The molecule has 0 saturated carbocycles. The van der Waals surface area contributed by atoms with Crippen molar-refractivity contribution in [2.24, 2.45) is 0 Å². The highest BCUT2D eigenvalue weighted by Crippen LogP contribution is 2.35. The minimum Gasteiger partial charge on any atom is -0.493 e. The van der Waals surface area contributed by atoms with Crippen LogP contribution in [-0.4, -0.2) is 13.2 Å². The molecule has 1 aliphatic heterocycles. The largest absolute Gasteiger partial charge is 0.493 e. The highest BCUT2D eigenvalue weighted by atomic mass is 35.5. The van der Waals surface area contributed by atoms with E-state index in [1.54, 1.807) is 6.07 Å². The summed E-state index contributed by atoms with van der Waals surface area (Å²) in [7, 11) is 0. The normalized spacial score (nSPS) is 19.4. The average Bonchev–Trinajstić information content (AvgIpc) is 2.50. The summed E-state index contributed by atoms with van der Waals surface area (Å²) in [6.45, 7) is 3.70. The molecule has 1 aromatic carbocycles. The van der Waals surface area contributed by atoms with E-state index in [4.69, 9.17) is 16.3 Å². The molecule has 0 amide bonds. The Balaban J connectivity index is 2.30. The van der Waals surface area contributed by atoms with E-state index in [1.807, 2.05) is 0 Å². The first-order valence-electron chi connectivity index (χ1n) is 6.07. The van der Waals surface area contributed by atoms with Crippen molar-refractivity contribution in [1.82, 2.24) is 5.32 Å². The molecule has 0 fully saturated rings. The molecule has 4 heteroatoms. The van der Waals surface area contributed by atoms with Gasteiger partial charge in [-0.1, -0.05) is 18.5 Å². The second kappa shape index (κ2) is 5.69. The number of halogens is 2. The molecule has 2 nitrogen and oxygen atoms in total. The fourth-order valence-electron chi connectivity index (χ4n) is 2.10. The van der Waals surface area contributed by atoms with E-state index in [-0.39, 0.29) is 11.1 Å². The van der Waals surface area contributed by atoms with Gasteiger partial charge in [-0.05, 0) is 31.9 Å². The Morgan fingerprint density at radius 1 is 1.53 bits per heavy atom. The maximum absolute atomic E-state index is 13.4. The predicted molar refractivity (Wildman–Crippen MR) is 67.2 cm³/mol. The molecule has 0 radical (unpaired) electrons. The Hall–Kier alpha value is -0.800. The minimum atomic E-state index is -0.415. The van der Waals surface area contributed by atoms with Crippen LogP contribution in [0.2, 0.25) is 5.02 Å². The van der Waals surface area contributed by atoms with E-state index in [0.29, 0.717) is 12.4 Å². The van der Waals surface area contributed by atoms with Crippen molar-refractivity contribution in [3.05, 3.63) is 28.5 Å². The van der Waals surface area contributed by atoms with Gasteiger partial charge in [0.1, 0.15) is 11.6 Å². The van der Waals surface area contributed by atoms with Gasteiger partial charge in [-0.15, -0.1) is 0 Å². The Kier molecular flexibility index (Phi) is 4.24. The van der Waals surface area contributed by atoms with Crippen LogP contribution in [0.25, 0.3) is 0 Å². The van der Waals surface area contributed by atoms with Gasteiger partial charge in [0.15, 0.2) is 0 Å². The molecule has 1 aromatic rings. The van der Waals surface area contributed by atoms with Crippen molar-refractivity contribution in [3.63, 3.8) is 0 Å². The zero-order chi connectivity index (χ0) is 12.3. The van der Waals surface area contributed by atoms with Crippen molar-refractivity contribution in [3.8, 4) is 5.75 Å². The molecule has 2 rings (SSSR count). The van der Waals surface area contributed by atoms with Crippen LogP contribution < -0.4 is 10.1 Å². The highest BCUT2D eigenvalue weighted by Gasteiger charge is 2.21. The molecule has 94 valence electrons. The lowest BCUT2D eigenvalue weighted by atomic mass is 10.0. The number of benzene rings is 1. The van der Waals surface area contributed by atoms with Gasteiger partial charge in [0.2, 0.25) is 0 Å². The Morgan fingerprint density at radius 2 is 2.35 bits per heavy atom. The SMILES string of the molecule is CCCNC1CCCOc2cc(F)c(Cl)cc21. The van der Waals surface area contributed by atoms with Gasteiger partial charge in [0, 0.05) is 17.7 Å². The lowest BCUT2D eigenvalue weighted by Gasteiger charge is -2.18. The lowest BCUT2D eigenvalue weighted by Crippen LogP contribution is -2.21. The number of nitrogens with one attached hydrogen (secondary N) is 1. The average molecular weight is 258 g/mol. The second-order valence-electron chi connectivity index (χ2n) is 4.30. The van der Waals surface area contributed by atoms with Gasteiger partial charge in [-0.2, -0.15) is 0 Å². The smallest absolute Gasteiger partial charge is 0.145 e. The quantitative estimate of drug-likeness (QED) is 0.892. The van der Waals surface area contributed by atoms with Crippen molar-refractivity contribution < 1.29 is 9.13 Å². The molecule has 1 atom stereocenters. The lowest BCUT2D eigenvalue weighted by molar-refractivity contribution is 0.314. The Labute approximate surface area is 106 Å². The summed E-state index contributed by atoms with van der Waals surface area (Å²) in [5, 5.41) is 3.62. The fourth-order valence-corrected chi connectivity index (χ4v) is 2.27. The molecule has 0 aromatic heterocycles. The van der Waals surface area contributed by atoms with Crippen molar-refractivity contribution in [2.45, 2.75) is 32.2 Å². The van der Waals surface area contributed by atoms with Crippen LogP contribution in [0.1, 0.15) is 37.8 Å². The molecule has 1 N–H and O–H groups in total. The van der Waals surface area contributed by atoms with Crippen molar-refractivity contribution in [1.29, 1.82) is 0 Å². The second-order valence-corrected chi connectivity index (χ2v) is 4.71. The van der Waals surface area contributed by atoms with Gasteiger partial charge in [0.25, 0.3) is 0 Å². The first-order valence-corrected chi connectivity index (χ1v) is 6.45. The number of rotatable bonds is 3. The Bertz CT molecular complexity index is 397. The Morgan fingerprint density at radius 3 is 3.12 bits per heavy atom. The van der Waals surface area contributed by atoms with Crippen LogP contribution in [0.5, 0.6) is 5.75 Å². The highest BCUT2D eigenvalue weighted by molar-refractivity contribution is 6.30. The summed E-state index contributed by atoms with van der Waals surface area (Å²) in [6, 6.07) is 3.29. The third-order valence-electron chi connectivity index (χ3n) is 2.96. The van der Waals surface area contributed by atoms with Crippen molar-refractivity contribution in [2.75, 3.05) is 13.2 Å². The number of ether oxygens (including phenoxy) is 1. The molecule has 0 saturated heterocycles.